The lowest BCUT2D eigenvalue weighted by Gasteiger charge is -2.14. The fourth-order valence-electron chi connectivity index (χ4n) is 2.56. The van der Waals surface area contributed by atoms with Gasteiger partial charge in [-0.2, -0.15) is 0 Å². The molecule has 1 aliphatic rings. The van der Waals surface area contributed by atoms with Crippen molar-refractivity contribution in [1.82, 2.24) is 9.88 Å². The van der Waals surface area contributed by atoms with Crippen molar-refractivity contribution >= 4 is 56.6 Å². The summed E-state index contributed by atoms with van der Waals surface area (Å²) in [6.45, 7) is 3.93. The lowest BCUT2D eigenvalue weighted by atomic mass is 10.1. The number of amides is 2. The highest BCUT2D eigenvalue weighted by atomic mass is 32.2. The maximum absolute atomic E-state index is 12.3. The van der Waals surface area contributed by atoms with E-state index >= 15 is 0 Å². The quantitative estimate of drug-likeness (QED) is 0.744. The minimum atomic E-state index is -0.283. The van der Waals surface area contributed by atoms with Gasteiger partial charge < -0.3 is 5.32 Å². The van der Waals surface area contributed by atoms with Gasteiger partial charge in [0.2, 0.25) is 11.8 Å². The molecule has 3 rings (SSSR count). The molecule has 2 heterocycles. The van der Waals surface area contributed by atoms with Crippen molar-refractivity contribution < 1.29 is 9.59 Å². The molecule has 0 saturated carbocycles. The number of carbonyl (C=O) groups is 2. The number of nitrogens with one attached hydrogen (secondary N) is 1. The lowest BCUT2D eigenvalue weighted by Crippen LogP contribution is -2.38. The number of rotatable bonds is 6. The molecule has 2 amide bonds. The number of carbonyl (C=O) groups excluding carboxylic acids is 2. The molecule has 1 atom stereocenters. The van der Waals surface area contributed by atoms with Gasteiger partial charge in [0.15, 0.2) is 5.13 Å². The Balaban J connectivity index is 1.57. The van der Waals surface area contributed by atoms with E-state index in [9.17, 15) is 9.59 Å². The summed E-state index contributed by atoms with van der Waals surface area (Å²) in [5, 5.41) is 3.13. The molecule has 1 aromatic heterocycles. The van der Waals surface area contributed by atoms with E-state index in [4.69, 9.17) is 12.2 Å². The van der Waals surface area contributed by atoms with Crippen LogP contribution < -0.4 is 5.32 Å². The lowest BCUT2D eigenvalue weighted by molar-refractivity contribution is -0.129. The zero-order chi connectivity index (χ0) is 18.7. The molecule has 136 valence electrons. The fourth-order valence-corrected chi connectivity index (χ4v) is 4.84. The van der Waals surface area contributed by atoms with E-state index in [1.54, 1.807) is 6.20 Å². The van der Waals surface area contributed by atoms with E-state index in [-0.39, 0.29) is 23.6 Å². The smallest absolute Gasteiger partial charge is 0.246 e. The van der Waals surface area contributed by atoms with Crippen molar-refractivity contribution in [2.24, 2.45) is 0 Å². The van der Waals surface area contributed by atoms with Crippen LogP contribution in [-0.2, 0) is 16.0 Å². The van der Waals surface area contributed by atoms with Gasteiger partial charge in [-0.25, -0.2) is 4.98 Å². The van der Waals surface area contributed by atoms with Crippen molar-refractivity contribution in [1.29, 1.82) is 0 Å². The van der Waals surface area contributed by atoms with Crippen LogP contribution in [0.2, 0.25) is 0 Å². The maximum Gasteiger partial charge on any atom is 0.246 e. The second-order valence-corrected chi connectivity index (χ2v) is 9.00. The highest BCUT2D eigenvalue weighted by Gasteiger charge is 2.36. The Labute approximate surface area is 166 Å². The van der Waals surface area contributed by atoms with Crippen molar-refractivity contribution in [2.75, 3.05) is 11.9 Å². The van der Waals surface area contributed by atoms with Crippen molar-refractivity contribution in [3.05, 3.63) is 46.5 Å². The van der Waals surface area contributed by atoms with Crippen LogP contribution in [-0.4, -0.2) is 37.8 Å². The Morgan fingerprint density at radius 3 is 2.73 bits per heavy atom. The second-order valence-electron chi connectivity index (χ2n) is 6.05. The summed E-state index contributed by atoms with van der Waals surface area (Å²) in [5.74, 6) is -0.369. The number of thiocarbonyl (C=S) groups is 1. The molecule has 0 radical (unpaired) electrons. The fraction of sp³-hybridized carbons (Fsp3) is 0.333. The van der Waals surface area contributed by atoms with Crippen LogP contribution in [0, 0.1) is 6.92 Å². The Hall–Kier alpha value is -1.77. The van der Waals surface area contributed by atoms with Gasteiger partial charge >= 0.3 is 0 Å². The van der Waals surface area contributed by atoms with Crippen molar-refractivity contribution in [2.45, 2.75) is 31.9 Å². The topological polar surface area (TPSA) is 62.3 Å². The molecule has 1 aliphatic heterocycles. The average molecular weight is 406 g/mol. The predicted molar refractivity (Wildman–Crippen MR) is 111 cm³/mol. The molecule has 2 aromatic rings. The van der Waals surface area contributed by atoms with Crippen LogP contribution in [0.3, 0.4) is 0 Å². The first-order chi connectivity index (χ1) is 12.5. The summed E-state index contributed by atoms with van der Waals surface area (Å²) in [5.41, 5.74) is 2.43. The first-order valence-electron chi connectivity index (χ1n) is 8.28. The van der Waals surface area contributed by atoms with Crippen LogP contribution in [0.4, 0.5) is 5.13 Å². The van der Waals surface area contributed by atoms with E-state index in [1.165, 1.54) is 39.1 Å². The van der Waals surface area contributed by atoms with Gasteiger partial charge in [-0.05, 0) is 18.9 Å². The Kier molecular flexibility index (Phi) is 6.05. The molecule has 1 saturated heterocycles. The van der Waals surface area contributed by atoms with Crippen molar-refractivity contribution in [3.63, 3.8) is 0 Å². The largest absolute Gasteiger partial charge is 0.300 e. The molecule has 0 aliphatic carbocycles. The van der Waals surface area contributed by atoms with Crippen LogP contribution >= 0.6 is 35.3 Å². The third kappa shape index (κ3) is 4.49. The Bertz CT molecular complexity index is 832. The molecule has 26 heavy (non-hydrogen) atoms. The molecular formula is C18H19N3O2S3. The monoisotopic (exact) mass is 405 g/mol. The van der Waals surface area contributed by atoms with Gasteiger partial charge in [0.25, 0.3) is 0 Å². The summed E-state index contributed by atoms with van der Waals surface area (Å²) < 4.78 is 0.469. The highest BCUT2D eigenvalue weighted by Crippen LogP contribution is 2.29. The minimum absolute atomic E-state index is 0.0615. The van der Waals surface area contributed by atoms with E-state index < -0.39 is 0 Å². The Morgan fingerprint density at radius 1 is 1.35 bits per heavy atom. The van der Waals surface area contributed by atoms with Gasteiger partial charge in [-0.15, -0.1) is 11.3 Å². The molecule has 0 bridgehead atoms. The third-order valence-corrected chi connectivity index (χ3v) is 6.64. The zero-order valence-corrected chi connectivity index (χ0v) is 17.0. The number of aryl methyl sites for hydroxylation is 1. The molecule has 5 nitrogen and oxygen atoms in total. The molecule has 1 N–H and O–H groups in total. The number of anilines is 1. The van der Waals surface area contributed by atoms with Crippen LogP contribution in [0.5, 0.6) is 0 Å². The average Bonchev–Trinajstić information content (AvgIpc) is 3.15. The van der Waals surface area contributed by atoms with Crippen LogP contribution in [0.1, 0.15) is 29.3 Å². The SMILES string of the molecule is CCC1SC(=S)N(CC(=O)Nc2ncc(Cc3ccc(C)cc3)s2)C1=O. The van der Waals surface area contributed by atoms with E-state index in [0.29, 0.717) is 15.9 Å². The summed E-state index contributed by atoms with van der Waals surface area (Å²) >= 11 is 8.00. The summed E-state index contributed by atoms with van der Waals surface area (Å²) in [6, 6.07) is 8.34. The van der Waals surface area contributed by atoms with Gasteiger partial charge in [-0.3, -0.25) is 14.5 Å². The van der Waals surface area contributed by atoms with Crippen LogP contribution in [0.15, 0.2) is 30.5 Å². The third-order valence-electron chi connectivity index (χ3n) is 3.98. The van der Waals surface area contributed by atoms with E-state index in [0.717, 1.165) is 11.3 Å². The minimum Gasteiger partial charge on any atom is -0.300 e. The highest BCUT2D eigenvalue weighted by molar-refractivity contribution is 8.24. The van der Waals surface area contributed by atoms with Gasteiger partial charge in [0.1, 0.15) is 10.9 Å². The number of thioether (sulfide) groups is 1. The first-order valence-corrected chi connectivity index (χ1v) is 10.4. The summed E-state index contributed by atoms with van der Waals surface area (Å²) in [6.07, 6.45) is 3.25. The maximum atomic E-state index is 12.3. The first kappa shape index (κ1) is 19.0. The molecule has 0 spiro atoms. The zero-order valence-electron chi connectivity index (χ0n) is 14.5. The number of aromatic nitrogens is 1. The molecule has 1 aromatic carbocycles. The molecule has 1 fully saturated rings. The number of nitrogens with zero attached hydrogens (tertiary/aromatic N) is 2. The normalized spacial score (nSPS) is 17.0. The van der Waals surface area contributed by atoms with Gasteiger partial charge in [0, 0.05) is 17.5 Å². The Morgan fingerprint density at radius 2 is 2.08 bits per heavy atom. The van der Waals surface area contributed by atoms with Crippen LogP contribution in [0.25, 0.3) is 0 Å². The van der Waals surface area contributed by atoms with Gasteiger partial charge in [0.05, 0.1) is 5.25 Å². The molecule has 8 heteroatoms. The van der Waals surface area contributed by atoms with Crippen molar-refractivity contribution in [3.8, 4) is 0 Å². The van der Waals surface area contributed by atoms with Gasteiger partial charge in [-0.1, -0.05) is 60.7 Å². The summed E-state index contributed by atoms with van der Waals surface area (Å²) in [4.78, 5) is 31.1. The number of thiazole rings is 1. The summed E-state index contributed by atoms with van der Waals surface area (Å²) in [7, 11) is 0. The number of hydrogen-bond donors (Lipinski definition) is 1. The number of benzene rings is 1. The predicted octanol–water partition coefficient (Wildman–Crippen LogP) is 3.62. The van der Waals surface area contributed by atoms with E-state index in [2.05, 4.69) is 41.5 Å². The second kappa shape index (κ2) is 8.28. The van der Waals surface area contributed by atoms with E-state index in [1.807, 2.05) is 6.92 Å². The number of hydrogen-bond acceptors (Lipinski definition) is 6. The molecular weight excluding hydrogens is 386 g/mol. The standard InChI is InChI=1S/C18H19N3O2S3/c1-3-14-16(23)21(18(24)26-14)10-15(22)20-17-19-9-13(25-17)8-12-6-4-11(2)5-7-12/h4-7,9,14H,3,8,10H2,1-2H3,(H,19,20,22). The molecule has 1 unspecified atom stereocenters.